The molecule has 1 heterocycles. The Balaban J connectivity index is 1.56. The lowest BCUT2D eigenvalue weighted by atomic mass is 10.0. The molecular formula is C20H32N4O. The van der Waals surface area contributed by atoms with Gasteiger partial charge in [0.25, 0.3) is 0 Å². The van der Waals surface area contributed by atoms with Crippen LogP contribution < -0.4 is 15.5 Å². The van der Waals surface area contributed by atoms with Gasteiger partial charge >= 0.3 is 0 Å². The van der Waals surface area contributed by atoms with Crippen LogP contribution in [0.1, 0.15) is 44.6 Å². The fourth-order valence-corrected chi connectivity index (χ4v) is 3.80. The van der Waals surface area contributed by atoms with Gasteiger partial charge in [-0.15, -0.1) is 0 Å². The smallest absolute Gasteiger partial charge is 0.191 e. The molecule has 1 aliphatic heterocycles. The summed E-state index contributed by atoms with van der Waals surface area (Å²) >= 11 is 0. The number of nitrogens with one attached hydrogen (secondary N) is 2. The van der Waals surface area contributed by atoms with Gasteiger partial charge in [0.1, 0.15) is 0 Å². The normalized spacial score (nSPS) is 23.1. The van der Waals surface area contributed by atoms with E-state index < -0.39 is 5.60 Å². The van der Waals surface area contributed by atoms with E-state index in [1.54, 1.807) is 0 Å². The molecule has 0 bridgehead atoms. The molecule has 1 aromatic rings. The standard InChI is InChI=1S/C20H32N4O/c1-3-21-19(22-15-20(25)11-4-5-12-20)23-17-10-13-24(14-17)18-8-6-16(2)7-9-18/h6-9,17,25H,3-5,10-15H2,1-2H3,(H2,21,22,23). The third kappa shape index (κ3) is 4.88. The SMILES string of the molecule is CCNC(=NCC1(O)CCCC1)NC1CCN(c2ccc(C)cc2)C1. The number of anilines is 1. The summed E-state index contributed by atoms with van der Waals surface area (Å²) in [4.78, 5) is 7.09. The van der Waals surface area contributed by atoms with Crippen LogP contribution >= 0.6 is 0 Å². The van der Waals surface area contributed by atoms with E-state index in [4.69, 9.17) is 0 Å². The Morgan fingerprint density at radius 1 is 1.28 bits per heavy atom. The summed E-state index contributed by atoms with van der Waals surface area (Å²) in [7, 11) is 0. The fourth-order valence-electron chi connectivity index (χ4n) is 3.80. The molecule has 1 unspecified atom stereocenters. The maximum Gasteiger partial charge on any atom is 0.191 e. The van der Waals surface area contributed by atoms with Crippen molar-refractivity contribution in [2.45, 2.75) is 57.6 Å². The van der Waals surface area contributed by atoms with Crippen LogP contribution in [0.15, 0.2) is 29.3 Å². The van der Waals surface area contributed by atoms with Gasteiger partial charge in [-0.25, -0.2) is 0 Å². The van der Waals surface area contributed by atoms with Crippen molar-refractivity contribution >= 4 is 11.6 Å². The molecule has 0 spiro atoms. The summed E-state index contributed by atoms with van der Waals surface area (Å²) in [5, 5.41) is 17.4. The Morgan fingerprint density at radius 3 is 2.68 bits per heavy atom. The van der Waals surface area contributed by atoms with Crippen molar-refractivity contribution in [1.82, 2.24) is 10.6 Å². The molecule has 1 aliphatic carbocycles. The summed E-state index contributed by atoms with van der Waals surface area (Å²) in [6.45, 7) is 7.57. The number of aliphatic hydroxyl groups is 1. The van der Waals surface area contributed by atoms with E-state index in [1.165, 1.54) is 11.3 Å². The van der Waals surface area contributed by atoms with E-state index >= 15 is 0 Å². The van der Waals surface area contributed by atoms with Crippen molar-refractivity contribution < 1.29 is 5.11 Å². The summed E-state index contributed by atoms with van der Waals surface area (Å²) in [6.07, 6.45) is 5.08. The third-order valence-corrected chi connectivity index (χ3v) is 5.34. The molecule has 0 amide bonds. The predicted molar refractivity (Wildman–Crippen MR) is 104 cm³/mol. The number of rotatable bonds is 5. The van der Waals surface area contributed by atoms with Gasteiger partial charge in [-0.2, -0.15) is 0 Å². The second-order valence-corrected chi connectivity index (χ2v) is 7.54. The molecule has 1 saturated heterocycles. The van der Waals surface area contributed by atoms with E-state index in [1.807, 2.05) is 0 Å². The van der Waals surface area contributed by atoms with Crippen LogP contribution in [0.25, 0.3) is 0 Å². The number of hydrogen-bond donors (Lipinski definition) is 3. The minimum atomic E-state index is -0.591. The van der Waals surface area contributed by atoms with Gasteiger partial charge in [0, 0.05) is 31.4 Å². The van der Waals surface area contributed by atoms with Crippen molar-refractivity contribution in [2.75, 3.05) is 31.1 Å². The van der Waals surface area contributed by atoms with Gasteiger partial charge in [0.05, 0.1) is 12.1 Å². The average molecular weight is 345 g/mol. The predicted octanol–water partition coefficient (Wildman–Crippen LogP) is 2.43. The Hall–Kier alpha value is -1.75. The second kappa shape index (κ2) is 8.09. The zero-order valence-electron chi connectivity index (χ0n) is 15.6. The quantitative estimate of drug-likeness (QED) is 0.567. The molecule has 3 N–H and O–H groups in total. The monoisotopic (exact) mass is 344 g/mol. The number of aryl methyl sites for hydroxylation is 1. The zero-order chi connectivity index (χ0) is 17.7. The number of aliphatic imine (C=N–C) groups is 1. The third-order valence-electron chi connectivity index (χ3n) is 5.34. The van der Waals surface area contributed by atoms with Crippen molar-refractivity contribution in [3.05, 3.63) is 29.8 Å². The van der Waals surface area contributed by atoms with Crippen LogP contribution in [-0.4, -0.2) is 48.9 Å². The van der Waals surface area contributed by atoms with Crippen LogP contribution in [-0.2, 0) is 0 Å². The van der Waals surface area contributed by atoms with Crippen LogP contribution in [0.2, 0.25) is 0 Å². The minimum Gasteiger partial charge on any atom is -0.388 e. The molecule has 5 heteroatoms. The molecule has 25 heavy (non-hydrogen) atoms. The molecule has 1 atom stereocenters. The molecule has 2 fully saturated rings. The molecule has 2 aliphatic rings. The van der Waals surface area contributed by atoms with E-state index in [-0.39, 0.29) is 0 Å². The highest BCUT2D eigenvalue weighted by atomic mass is 16.3. The van der Waals surface area contributed by atoms with Crippen molar-refractivity contribution in [3.8, 4) is 0 Å². The first kappa shape index (κ1) is 18.1. The molecule has 1 aromatic carbocycles. The van der Waals surface area contributed by atoms with E-state index in [9.17, 15) is 5.11 Å². The van der Waals surface area contributed by atoms with Gasteiger partial charge in [-0.1, -0.05) is 30.5 Å². The molecule has 3 rings (SSSR count). The van der Waals surface area contributed by atoms with Crippen LogP contribution in [0, 0.1) is 6.92 Å². The summed E-state index contributed by atoms with van der Waals surface area (Å²) in [6, 6.07) is 9.13. The first-order chi connectivity index (χ1) is 12.1. The number of guanidine groups is 1. The van der Waals surface area contributed by atoms with Crippen LogP contribution in [0.4, 0.5) is 5.69 Å². The van der Waals surface area contributed by atoms with Crippen molar-refractivity contribution in [2.24, 2.45) is 4.99 Å². The van der Waals surface area contributed by atoms with Crippen molar-refractivity contribution in [3.63, 3.8) is 0 Å². The van der Waals surface area contributed by atoms with Gasteiger partial charge in [0.15, 0.2) is 5.96 Å². The lowest BCUT2D eigenvalue weighted by Gasteiger charge is -2.23. The Labute approximate surface area is 151 Å². The highest BCUT2D eigenvalue weighted by Gasteiger charge is 2.31. The average Bonchev–Trinajstić information content (AvgIpc) is 3.24. The van der Waals surface area contributed by atoms with Gasteiger partial charge in [-0.05, 0) is 45.2 Å². The summed E-state index contributed by atoms with van der Waals surface area (Å²) in [5.74, 6) is 0.832. The Morgan fingerprint density at radius 2 is 2.00 bits per heavy atom. The van der Waals surface area contributed by atoms with Gasteiger partial charge in [-0.3, -0.25) is 4.99 Å². The lowest BCUT2D eigenvalue weighted by molar-refractivity contribution is 0.0574. The highest BCUT2D eigenvalue weighted by Crippen LogP contribution is 2.29. The minimum absolute atomic E-state index is 0.386. The topological polar surface area (TPSA) is 59.9 Å². The fraction of sp³-hybridized carbons (Fsp3) is 0.650. The lowest BCUT2D eigenvalue weighted by Crippen LogP contribution is -2.45. The van der Waals surface area contributed by atoms with E-state index in [0.717, 1.165) is 57.7 Å². The van der Waals surface area contributed by atoms with Crippen LogP contribution in [0.5, 0.6) is 0 Å². The first-order valence-electron chi connectivity index (χ1n) is 9.67. The van der Waals surface area contributed by atoms with Crippen molar-refractivity contribution in [1.29, 1.82) is 0 Å². The largest absolute Gasteiger partial charge is 0.388 e. The molecular weight excluding hydrogens is 312 g/mol. The molecule has 1 saturated carbocycles. The summed E-state index contributed by atoms with van der Waals surface area (Å²) in [5.41, 5.74) is 1.99. The highest BCUT2D eigenvalue weighted by molar-refractivity contribution is 5.80. The zero-order valence-corrected chi connectivity index (χ0v) is 15.6. The maximum atomic E-state index is 10.5. The Kier molecular flexibility index (Phi) is 5.84. The van der Waals surface area contributed by atoms with Gasteiger partial charge < -0.3 is 20.6 Å². The number of hydrogen-bond acceptors (Lipinski definition) is 3. The van der Waals surface area contributed by atoms with E-state index in [0.29, 0.717) is 12.6 Å². The molecule has 0 aromatic heterocycles. The van der Waals surface area contributed by atoms with Gasteiger partial charge in [0.2, 0.25) is 0 Å². The van der Waals surface area contributed by atoms with Crippen LogP contribution in [0.3, 0.4) is 0 Å². The summed E-state index contributed by atoms with van der Waals surface area (Å²) < 4.78 is 0. The molecule has 0 radical (unpaired) electrons. The van der Waals surface area contributed by atoms with E-state index in [2.05, 4.69) is 58.6 Å². The second-order valence-electron chi connectivity index (χ2n) is 7.54. The molecule has 138 valence electrons. The Bertz CT molecular complexity index is 578. The number of benzene rings is 1. The number of nitrogens with zero attached hydrogens (tertiary/aromatic N) is 2. The molecule has 5 nitrogen and oxygen atoms in total. The maximum absolute atomic E-state index is 10.5. The first-order valence-corrected chi connectivity index (χ1v) is 9.67.